The summed E-state index contributed by atoms with van der Waals surface area (Å²) in [6, 6.07) is 6.98. The number of thioether (sulfide) groups is 1. The van der Waals surface area contributed by atoms with Gasteiger partial charge in [-0.3, -0.25) is 0 Å². The summed E-state index contributed by atoms with van der Waals surface area (Å²) >= 11 is 7.10. The molecule has 2 rings (SSSR count). The van der Waals surface area contributed by atoms with E-state index in [9.17, 15) is 0 Å². The highest BCUT2D eigenvalue weighted by molar-refractivity contribution is 7.99. The molecule has 0 spiro atoms. The predicted molar refractivity (Wildman–Crippen MR) is 93.0 cm³/mol. The molecule has 1 aliphatic heterocycles. The van der Waals surface area contributed by atoms with E-state index < -0.39 is 0 Å². The number of rotatable bonds is 5. The van der Waals surface area contributed by atoms with Crippen LogP contribution in [0.5, 0.6) is 0 Å². The van der Waals surface area contributed by atoms with E-state index in [2.05, 4.69) is 49.0 Å². The number of likely N-dealkylation sites (N-methyl/N-ethyl adjacent to an activating group) is 1. The molecule has 0 bridgehead atoms. The molecule has 1 fully saturated rings. The number of hydrogen-bond donors (Lipinski definition) is 1. The number of nitrogens with zero attached hydrogens (tertiary/aromatic N) is 2. The lowest BCUT2D eigenvalue weighted by atomic mass is 10.1. The Bertz CT molecular complexity index is 488. The third-order valence-electron chi connectivity index (χ3n) is 3.78. The fourth-order valence-electron chi connectivity index (χ4n) is 2.69. The first kappa shape index (κ1) is 15.6. The van der Waals surface area contributed by atoms with Gasteiger partial charge in [0.1, 0.15) is 4.99 Å². The molecule has 20 heavy (non-hydrogen) atoms. The van der Waals surface area contributed by atoms with Crippen molar-refractivity contribution in [1.82, 2.24) is 4.90 Å². The third-order valence-corrected chi connectivity index (χ3v) is 4.93. The molecular weight excluding hydrogens is 286 g/mol. The SMILES string of the molecule is CCSc1cccc(N2CCC(N(C)C)C2)c1C(N)=S. The van der Waals surface area contributed by atoms with Crippen molar-refractivity contribution in [1.29, 1.82) is 0 Å². The minimum atomic E-state index is 0.504. The third kappa shape index (κ3) is 3.27. The lowest BCUT2D eigenvalue weighted by Crippen LogP contribution is -2.32. The Kier molecular flexibility index (Phi) is 5.29. The molecule has 0 saturated carbocycles. The standard InChI is InChI=1S/C15H23N3S2/c1-4-20-13-7-5-6-12(14(13)15(16)19)18-9-8-11(10-18)17(2)3/h5-7,11H,4,8-10H2,1-3H3,(H2,16,19). The lowest BCUT2D eigenvalue weighted by Gasteiger charge is -2.25. The van der Waals surface area contributed by atoms with Crippen LogP contribution in [0.4, 0.5) is 5.69 Å². The van der Waals surface area contributed by atoms with E-state index in [1.165, 1.54) is 17.0 Å². The molecule has 2 N–H and O–H groups in total. The van der Waals surface area contributed by atoms with E-state index in [0.717, 1.165) is 24.4 Å². The molecule has 110 valence electrons. The van der Waals surface area contributed by atoms with Gasteiger partial charge in [0, 0.05) is 35.3 Å². The normalized spacial score (nSPS) is 18.8. The number of thiocarbonyl (C=S) groups is 1. The molecular formula is C15H23N3S2. The average Bonchev–Trinajstić information content (AvgIpc) is 2.88. The Morgan fingerprint density at radius 1 is 1.50 bits per heavy atom. The molecule has 3 nitrogen and oxygen atoms in total. The van der Waals surface area contributed by atoms with Crippen LogP contribution in [0.2, 0.25) is 0 Å². The van der Waals surface area contributed by atoms with Crippen LogP contribution in [-0.4, -0.2) is 48.9 Å². The van der Waals surface area contributed by atoms with Gasteiger partial charge in [-0.1, -0.05) is 25.2 Å². The van der Waals surface area contributed by atoms with Crippen molar-refractivity contribution >= 4 is 34.7 Å². The van der Waals surface area contributed by atoms with Crippen LogP contribution in [0.3, 0.4) is 0 Å². The van der Waals surface area contributed by atoms with Crippen molar-refractivity contribution in [3.63, 3.8) is 0 Å². The predicted octanol–water partition coefficient (Wildman–Crippen LogP) is 2.57. The van der Waals surface area contributed by atoms with Crippen LogP contribution in [0, 0.1) is 0 Å². The lowest BCUT2D eigenvalue weighted by molar-refractivity contribution is 0.315. The minimum absolute atomic E-state index is 0.504. The quantitative estimate of drug-likeness (QED) is 0.668. The van der Waals surface area contributed by atoms with Gasteiger partial charge in [0.05, 0.1) is 0 Å². The van der Waals surface area contributed by atoms with Crippen LogP contribution in [0.1, 0.15) is 18.9 Å². The number of hydrogen-bond acceptors (Lipinski definition) is 4. The highest BCUT2D eigenvalue weighted by atomic mass is 32.2. The zero-order valence-corrected chi connectivity index (χ0v) is 14.1. The molecule has 0 radical (unpaired) electrons. The Labute approximate surface area is 131 Å². The zero-order valence-electron chi connectivity index (χ0n) is 12.4. The smallest absolute Gasteiger partial charge is 0.107 e. The molecule has 1 heterocycles. The molecule has 1 atom stereocenters. The first-order valence-electron chi connectivity index (χ1n) is 7.01. The van der Waals surface area contributed by atoms with Gasteiger partial charge in [0.2, 0.25) is 0 Å². The van der Waals surface area contributed by atoms with Gasteiger partial charge < -0.3 is 15.5 Å². The average molecular weight is 310 g/mol. The molecule has 1 unspecified atom stereocenters. The first-order valence-corrected chi connectivity index (χ1v) is 8.41. The van der Waals surface area contributed by atoms with E-state index >= 15 is 0 Å². The van der Waals surface area contributed by atoms with E-state index in [0.29, 0.717) is 11.0 Å². The van der Waals surface area contributed by atoms with Crippen molar-refractivity contribution in [2.24, 2.45) is 5.73 Å². The van der Waals surface area contributed by atoms with Gasteiger partial charge in [-0.2, -0.15) is 0 Å². The minimum Gasteiger partial charge on any atom is -0.389 e. The topological polar surface area (TPSA) is 32.5 Å². The summed E-state index contributed by atoms with van der Waals surface area (Å²) < 4.78 is 0. The molecule has 1 saturated heterocycles. The summed E-state index contributed by atoms with van der Waals surface area (Å²) in [6.07, 6.45) is 1.19. The van der Waals surface area contributed by atoms with E-state index in [4.69, 9.17) is 18.0 Å². The second-order valence-electron chi connectivity index (χ2n) is 5.30. The number of anilines is 1. The molecule has 1 aromatic rings. The maximum Gasteiger partial charge on any atom is 0.107 e. The van der Waals surface area contributed by atoms with E-state index in [1.807, 2.05) is 0 Å². The molecule has 1 aromatic carbocycles. The Morgan fingerprint density at radius 3 is 2.80 bits per heavy atom. The zero-order chi connectivity index (χ0) is 14.7. The highest BCUT2D eigenvalue weighted by Crippen LogP contribution is 2.33. The summed E-state index contributed by atoms with van der Waals surface area (Å²) in [7, 11) is 4.29. The Morgan fingerprint density at radius 2 is 2.25 bits per heavy atom. The fraction of sp³-hybridized carbons (Fsp3) is 0.533. The summed E-state index contributed by atoms with van der Waals surface area (Å²) in [6.45, 7) is 4.26. The molecule has 5 heteroatoms. The Balaban J connectivity index is 2.32. The summed E-state index contributed by atoms with van der Waals surface area (Å²) in [5.74, 6) is 1.03. The van der Waals surface area contributed by atoms with Gasteiger partial charge >= 0.3 is 0 Å². The van der Waals surface area contributed by atoms with Gasteiger partial charge in [0.15, 0.2) is 0 Å². The summed E-state index contributed by atoms with van der Waals surface area (Å²) in [5.41, 5.74) is 8.23. The maximum atomic E-state index is 5.99. The monoisotopic (exact) mass is 309 g/mol. The van der Waals surface area contributed by atoms with E-state index in [1.54, 1.807) is 11.8 Å². The number of benzene rings is 1. The highest BCUT2D eigenvalue weighted by Gasteiger charge is 2.26. The maximum absolute atomic E-state index is 5.99. The van der Waals surface area contributed by atoms with E-state index in [-0.39, 0.29) is 0 Å². The van der Waals surface area contributed by atoms with Crippen LogP contribution in [0.25, 0.3) is 0 Å². The van der Waals surface area contributed by atoms with Gasteiger partial charge in [-0.15, -0.1) is 11.8 Å². The van der Waals surface area contributed by atoms with Gasteiger partial charge in [0.25, 0.3) is 0 Å². The van der Waals surface area contributed by atoms with Crippen LogP contribution in [-0.2, 0) is 0 Å². The molecule has 1 aliphatic rings. The number of nitrogens with two attached hydrogens (primary N) is 1. The molecule has 0 aliphatic carbocycles. The second-order valence-corrected chi connectivity index (χ2v) is 7.05. The van der Waals surface area contributed by atoms with Gasteiger partial charge in [-0.05, 0) is 38.4 Å². The van der Waals surface area contributed by atoms with Crippen molar-refractivity contribution in [3.05, 3.63) is 23.8 Å². The second kappa shape index (κ2) is 6.78. The van der Waals surface area contributed by atoms with Crippen molar-refractivity contribution in [2.45, 2.75) is 24.3 Å². The van der Waals surface area contributed by atoms with Gasteiger partial charge in [-0.25, -0.2) is 0 Å². The van der Waals surface area contributed by atoms with Crippen LogP contribution >= 0.6 is 24.0 Å². The van der Waals surface area contributed by atoms with Crippen LogP contribution in [0.15, 0.2) is 23.1 Å². The van der Waals surface area contributed by atoms with Crippen molar-refractivity contribution in [3.8, 4) is 0 Å². The fourth-order valence-corrected chi connectivity index (χ4v) is 3.81. The first-order chi connectivity index (χ1) is 9.54. The molecule has 0 aromatic heterocycles. The summed E-state index contributed by atoms with van der Waals surface area (Å²) in [5, 5.41) is 0. The van der Waals surface area contributed by atoms with Crippen molar-refractivity contribution < 1.29 is 0 Å². The largest absolute Gasteiger partial charge is 0.389 e. The molecule has 0 amide bonds. The van der Waals surface area contributed by atoms with Crippen molar-refractivity contribution in [2.75, 3.05) is 37.8 Å². The Hall–Kier alpha value is -0.780. The van der Waals surface area contributed by atoms with Crippen LogP contribution < -0.4 is 10.6 Å². The summed E-state index contributed by atoms with van der Waals surface area (Å²) in [4.78, 5) is 6.42.